The van der Waals surface area contributed by atoms with E-state index >= 15 is 0 Å². The molecular weight excluding hydrogens is 238 g/mol. The summed E-state index contributed by atoms with van der Waals surface area (Å²) in [7, 11) is 1.63. The summed E-state index contributed by atoms with van der Waals surface area (Å²) >= 11 is 0. The zero-order valence-corrected chi connectivity index (χ0v) is 11.3. The van der Waals surface area contributed by atoms with Gasteiger partial charge in [0.25, 0.3) is 0 Å². The molecule has 0 bridgehead atoms. The van der Waals surface area contributed by atoms with Gasteiger partial charge in [0.05, 0.1) is 7.11 Å². The van der Waals surface area contributed by atoms with Crippen molar-refractivity contribution in [2.75, 3.05) is 7.11 Å². The highest BCUT2D eigenvalue weighted by Gasteiger charge is 2.05. The standard InChI is InChI=1S/C16H19NO2/c1-12-3-5-13(6-4-12)11-19-15-8-7-14(10-17)9-16(15)18-2/h3-9H,10-11,17H2,1-2H3. The van der Waals surface area contributed by atoms with Crippen LogP contribution in [-0.2, 0) is 13.2 Å². The molecule has 100 valence electrons. The number of hydrogen-bond acceptors (Lipinski definition) is 3. The molecule has 2 N–H and O–H groups in total. The molecule has 0 aliphatic heterocycles. The maximum Gasteiger partial charge on any atom is 0.161 e. The Labute approximate surface area is 114 Å². The number of hydrogen-bond donors (Lipinski definition) is 1. The van der Waals surface area contributed by atoms with Crippen LogP contribution in [0.25, 0.3) is 0 Å². The molecule has 0 fully saturated rings. The third-order valence-corrected chi connectivity index (χ3v) is 2.98. The second kappa shape index (κ2) is 6.25. The highest BCUT2D eigenvalue weighted by molar-refractivity contribution is 5.43. The van der Waals surface area contributed by atoms with Crippen molar-refractivity contribution >= 4 is 0 Å². The van der Waals surface area contributed by atoms with E-state index in [0.717, 1.165) is 22.6 Å². The van der Waals surface area contributed by atoms with Crippen molar-refractivity contribution in [3.63, 3.8) is 0 Å². The van der Waals surface area contributed by atoms with Gasteiger partial charge in [0.1, 0.15) is 6.61 Å². The first kappa shape index (κ1) is 13.4. The summed E-state index contributed by atoms with van der Waals surface area (Å²) in [5.74, 6) is 1.45. The Morgan fingerprint density at radius 2 is 1.63 bits per heavy atom. The van der Waals surface area contributed by atoms with Crippen molar-refractivity contribution in [3.8, 4) is 11.5 Å². The smallest absolute Gasteiger partial charge is 0.161 e. The number of methoxy groups -OCH3 is 1. The van der Waals surface area contributed by atoms with Crippen molar-refractivity contribution in [1.82, 2.24) is 0 Å². The molecule has 0 aliphatic carbocycles. The molecule has 0 heterocycles. The van der Waals surface area contributed by atoms with E-state index in [0.29, 0.717) is 13.2 Å². The Morgan fingerprint density at radius 3 is 2.26 bits per heavy atom. The van der Waals surface area contributed by atoms with E-state index < -0.39 is 0 Å². The Kier molecular flexibility index (Phi) is 4.42. The van der Waals surface area contributed by atoms with Gasteiger partial charge in [-0.25, -0.2) is 0 Å². The average Bonchev–Trinajstić information content (AvgIpc) is 2.46. The molecule has 3 heteroatoms. The molecule has 3 nitrogen and oxygen atoms in total. The first-order chi connectivity index (χ1) is 9.22. The van der Waals surface area contributed by atoms with Gasteiger partial charge in [0.15, 0.2) is 11.5 Å². The quantitative estimate of drug-likeness (QED) is 0.895. The highest BCUT2D eigenvalue weighted by Crippen LogP contribution is 2.28. The van der Waals surface area contributed by atoms with E-state index in [9.17, 15) is 0 Å². The molecule has 0 aliphatic rings. The topological polar surface area (TPSA) is 44.5 Å². The molecule has 0 spiro atoms. The molecule has 0 radical (unpaired) electrons. The van der Waals surface area contributed by atoms with Crippen LogP contribution in [0.1, 0.15) is 16.7 Å². The largest absolute Gasteiger partial charge is 0.493 e. The minimum atomic E-state index is 0.495. The molecule has 0 saturated carbocycles. The van der Waals surface area contributed by atoms with Gasteiger partial charge in [0, 0.05) is 6.54 Å². The maximum absolute atomic E-state index is 5.79. The van der Waals surface area contributed by atoms with E-state index in [1.165, 1.54) is 5.56 Å². The first-order valence-corrected chi connectivity index (χ1v) is 6.28. The molecule has 2 aromatic carbocycles. The van der Waals surface area contributed by atoms with Gasteiger partial charge in [0.2, 0.25) is 0 Å². The van der Waals surface area contributed by atoms with E-state index in [4.69, 9.17) is 15.2 Å². The van der Waals surface area contributed by atoms with Gasteiger partial charge in [-0.05, 0) is 30.2 Å². The number of aryl methyl sites for hydroxylation is 1. The minimum absolute atomic E-state index is 0.495. The van der Waals surface area contributed by atoms with Gasteiger partial charge in [-0.3, -0.25) is 0 Å². The third kappa shape index (κ3) is 3.48. The van der Waals surface area contributed by atoms with Crippen molar-refractivity contribution in [1.29, 1.82) is 0 Å². The van der Waals surface area contributed by atoms with Gasteiger partial charge >= 0.3 is 0 Å². The monoisotopic (exact) mass is 257 g/mol. The lowest BCUT2D eigenvalue weighted by Gasteiger charge is -2.12. The molecule has 19 heavy (non-hydrogen) atoms. The van der Waals surface area contributed by atoms with Crippen LogP contribution < -0.4 is 15.2 Å². The number of ether oxygens (including phenoxy) is 2. The lowest BCUT2D eigenvalue weighted by Crippen LogP contribution is -2.00. The van der Waals surface area contributed by atoms with Crippen molar-refractivity contribution in [2.45, 2.75) is 20.1 Å². The molecule has 0 atom stereocenters. The lowest BCUT2D eigenvalue weighted by atomic mass is 10.1. The van der Waals surface area contributed by atoms with E-state index in [1.807, 2.05) is 18.2 Å². The van der Waals surface area contributed by atoms with E-state index in [-0.39, 0.29) is 0 Å². The number of rotatable bonds is 5. The molecule has 0 aromatic heterocycles. The van der Waals surface area contributed by atoms with Crippen molar-refractivity contribution < 1.29 is 9.47 Å². The molecule has 0 amide bonds. The zero-order valence-electron chi connectivity index (χ0n) is 11.3. The fourth-order valence-corrected chi connectivity index (χ4v) is 1.80. The predicted octanol–water partition coefficient (Wildman–Crippen LogP) is 3.04. The second-order valence-electron chi connectivity index (χ2n) is 4.46. The normalized spacial score (nSPS) is 10.3. The van der Waals surface area contributed by atoms with Crippen LogP contribution in [-0.4, -0.2) is 7.11 Å². The zero-order chi connectivity index (χ0) is 13.7. The number of nitrogens with two attached hydrogens (primary N) is 1. The van der Waals surface area contributed by atoms with Crippen LogP contribution in [0.15, 0.2) is 42.5 Å². The molecule has 0 saturated heterocycles. The summed E-state index contributed by atoms with van der Waals surface area (Å²) in [6.45, 7) is 3.09. The summed E-state index contributed by atoms with van der Waals surface area (Å²) < 4.78 is 11.1. The van der Waals surface area contributed by atoms with Crippen molar-refractivity contribution in [3.05, 3.63) is 59.2 Å². The average molecular weight is 257 g/mol. The van der Waals surface area contributed by atoms with Crippen LogP contribution >= 0.6 is 0 Å². The van der Waals surface area contributed by atoms with E-state index in [2.05, 4.69) is 31.2 Å². The Morgan fingerprint density at radius 1 is 0.947 bits per heavy atom. The third-order valence-electron chi connectivity index (χ3n) is 2.98. The highest BCUT2D eigenvalue weighted by atomic mass is 16.5. The van der Waals surface area contributed by atoms with Gasteiger partial charge in [-0.1, -0.05) is 35.9 Å². The maximum atomic E-state index is 5.79. The summed E-state index contributed by atoms with van der Waals surface area (Å²) in [5, 5.41) is 0. The predicted molar refractivity (Wildman–Crippen MR) is 76.4 cm³/mol. The van der Waals surface area contributed by atoms with Gasteiger partial charge < -0.3 is 15.2 Å². The lowest BCUT2D eigenvalue weighted by molar-refractivity contribution is 0.284. The number of benzene rings is 2. The fourth-order valence-electron chi connectivity index (χ4n) is 1.80. The van der Waals surface area contributed by atoms with Crippen LogP contribution in [0.3, 0.4) is 0 Å². The summed E-state index contributed by atoms with van der Waals surface area (Å²) in [6, 6.07) is 14.0. The summed E-state index contributed by atoms with van der Waals surface area (Å²) in [6.07, 6.45) is 0. The molecule has 2 aromatic rings. The summed E-state index contributed by atoms with van der Waals surface area (Å²) in [4.78, 5) is 0. The van der Waals surface area contributed by atoms with Crippen molar-refractivity contribution in [2.24, 2.45) is 5.73 Å². The SMILES string of the molecule is COc1cc(CN)ccc1OCc1ccc(C)cc1. The Bertz CT molecular complexity index is 535. The first-order valence-electron chi connectivity index (χ1n) is 6.28. The molecule has 2 rings (SSSR count). The fraction of sp³-hybridized carbons (Fsp3) is 0.250. The van der Waals surface area contributed by atoms with Crippen LogP contribution in [0.2, 0.25) is 0 Å². The second-order valence-corrected chi connectivity index (χ2v) is 4.46. The summed E-state index contributed by atoms with van der Waals surface area (Å²) in [5.41, 5.74) is 9.01. The van der Waals surface area contributed by atoms with E-state index in [1.54, 1.807) is 7.11 Å². The Balaban J connectivity index is 2.08. The molecular formula is C16H19NO2. The van der Waals surface area contributed by atoms with Crippen LogP contribution in [0, 0.1) is 6.92 Å². The van der Waals surface area contributed by atoms with Gasteiger partial charge in [-0.15, -0.1) is 0 Å². The molecule has 0 unspecified atom stereocenters. The Hall–Kier alpha value is -2.00. The van der Waals surface area contributed by atoms with Crippen LogP contribution in [0.5, 0.6) is 11.5 Å². The van der Waals surface area contributed by atoms with Crippen LogP contribution in [0.4, 0.5) is 0 Å². The van der Waals surface area contributed by atoms with Gasteiger partial charge in [-0.2, -0.15) is 0 Å². The minimum Gasteiger partial charge on any atom is -0.493 e.